The van der Waals surface area contributed by atoms with Gasteiger partial charge in [0.05, 0.1) is 23.9 Å². The zero-order chi connectivity index (χ0) is 18.1. The van der Waals surface area contributed by atoms with Crippen LogP contribution >= 0.6 is 0 Å². The Kier molecular flexibility index (Phi) is 4.90. The van der Waals surface area contributed by atoms with E-state index in [1.807, 2.05) is 11.6 Å². The van der Waals surface area contributed by atoms with Crippen LogP contribution in [0.1, 0.15) is 47.9 Å². The van der Waals surface area contributed by atoms with Crippen LogP contribution in [0.2, 0.25) is 0 Å². The van der Waals surface area contributed by atoms with Crippen LogP contribution in [0.3, 0.4) is 0 Å². The van der Waals surface area contributed by atoms with Gasteiger partial charge in [-0.3, -0.25) is 9.48 Å². The van der Waals surface area contributed by atoms with Crippen molar-refractivity contribution in [1.29, 1.82) is 0 Å². The molecule has 1 aromatic carbocycles. The fourth-order valence-corrected chi connectivity index (χ4v) is 3.38. The summed E-state index contributed by atoms with van der Waals surface area (Å²) in [5.41, 5.74) is 2.22. The number of β-amino-alcohol motifs (C(OH)–C–C–N with tert-alkyl or cyclic N) is 1. The van der Waals surface area contributed by atoms with E-state index in [2.05, 4.69) is 18.9 Å². The smallest absolute Gasteiger partial charge is 0.257 e. The second-order valence-electron chi connectivity index (χ2n) is 7.13. The van der Waals surface area contributed by atoms with Gasteiger partial charge in [0.1, 0.15) is 5.82 Å². The summed E-state index contributed by atoms with van der Waals surface area (Å²) >= 11 is 0. The Labute approximate surface area is 147 Å². The normalized spacial score (nSPS) is 20.5. The quantitative estimate of drug-likeness (QED) is 0.927. The van der Waals surface area contributed by atoms with E-state index >= 15 is 0 Å². The molecule has 5 nitrogen and oxygen atoms in total. The van der Waals surface area contributed by atoms with E-state index in [9.17, 15) is 14.3 Å². The van der Waals surface area contributed by atoms with Gasteiger partial charge >= 0.3 is 0 Å². The van der Waals surface area contributed by atoms with Gasteiger partial charge in [-0.1, -0.05) is 26.0 Å². The van der Waals surface area contributed by atoms with Crippen molar-refractivity contribution < 1.29 is 14.3 Å². The largest absolute Gasteiger partial charge is 0.391 e. The summed E-state index contributed by atoms with van der Waals surface area (Å²) in [5.74, 6) is -0.0218. The van der Waals surface area contributed by atoms with Gasteiger partial charge in [0, 0.05) is 18.8 Å². The number of likely N-dealkylation sites (tertiary alicyclic amines) is 1. The molecular weight excluding hydrogens is 321 g/mol. The molecule has 1 aliphatic heterocycles. The predicted molar refractivity (Wildman–Crippen MR) is 92.6 cm³/mol. The molecule has 6 heteroatoms. The van der Waals surface area contributed by atoms with Crippen LogP contribution in [0, 0.1) is 18.7 Å². The summed E-state index contributed by atoms with van der Waals surface area (Å²) in [6, 6.07) is 5.86. The zero-order valence-corrected chi connectivity index (χ0v) is 14.8. The van der Waals surface area contributed by atoms with Gasteiger partial charge < -0.3 is 10.0 Å². The molecule has 2 atom stereocenters. The molecule has 0 radical (unpaired) electrons. The van der Waals surface area contributed by atoms with Crippen molar-refractivity contribution in [3.63, 3.8) is 0 Å². The SMILES string of the molecule is Cc1c(C(=O)N2CC(O)CC2c2ccc(F)cc2)cnn1CC(C)C. The summed E-state index contributed by atoms with van der Waals surface area (Å²) in [6.45, 7) is 7.12. The summed E-state index contributed by atoms with van der Waals surface area (Å²) in [6.07, 6.45) is 1.48. The van der Waals surface area contributed by atoms with E-state index in [-0.39, 0.29) is 24.3 Å². The molecule has 1 fully saturated rings. The van der Waals surface area contributed by atoms with Gasteiger partial charge in [-0.15, -0.1) is 0 Å². The van der Waals surface area contributed by atoms with Crippen LogP contribution in [0.5, 0.6) is 0 Å². The standard InChI is InChI=1S/C19H24FN3O2/c1-12(2)10-23-13(3)17(9-21-23)19(25)22-11-16(24)8-18(22)14-4-6-15(20)7-5-14/h4-7,9,12,16,18,24H,8,10-11H2,1-3H3. The first-order chi connectivity index (χ1) is 11.9. The first kappa shape index (κ1) is 17.6. The molecule has 0 saturated carbocycles. The predicted octanol–water partition coefficient (Wildman–Crippen LogP) is 2.93. The van der Waals surface area contributed by atoms with Crippen molar-refractivity contribution in [1.82, 2.24) is 14.7 Å². The van der Waals surface area contributed by atoms with Gasteiger partial charge in [-0.05, 0) is 37.0 Å². The average Bonchev–Trinajstić information content (AvgIpc) is 3.11. The summed E-state index contributed by atoms with van der Waals surface area (Å²) < 4.78 is 15.0. The third-order valence-corrected chi connectivity index (χ3v) is 4.67. The molecule has 0 aliphatic carbocycles. The fourth-order valence-electron chi connectivity index (χ4n) is 3.38. The third-order valence-electron chi connectivity index (χ3n) is 4.67. The van der Waals surface area contributed by atoms with Crippen LogP contribution in [0.4, 0.5) is 4.39 Å². The maximum atomic E-state index is 13.2. The van der Waals surface area contributed by atoms with Crippen LogP contribution in [-0.2, 0) is 6.54 Å². The highest BCUT2D eigenvalue weighted by Crippen LogP contribution is 2.33. The Morgan fingerprint density at radius 3 is 2.68 bits per heavy atom. The van der Waals surface area contributed by atoms with Crippen molar-refractivity contribution in [2.75, 3.05) is 6.54 Å². The van der Waals surface area contributed by atoms with Gasteiger partial charge in [0.2, 0.25) is 0 Å². The second-order valence-corrected chi connectivity index (χ2v) is 7.13. The minimum atomic E-state index is -0.579. The van der Waals surface area contributed by atoms with Crippen molar-refractivity contribution in [3.8, 4) is 0 Å². The monoisotopic (exact) mass is 345 g/mol. The van der Waals surface area contributed by atoms with Gasteiger partial charge in [-0.2, -0.15) is 5.10 Å². The number of aliphatic hydroxyl groups is 1. The van der Waals surface area contributed by atoms with Crippen LogP contribution in [0.15, 0.2) is 30.5 Å². The Morgan fingerprint density at radius 2 is 2.04 bits per heavy atom. The lowest BCUT2D eigenvalue weighted by Crippen LogP contribution is -2.32. The zero-order valence-electron chi connectivity index (χ0n) is 14.8. The van der Waals surface area contributed by atoms with Crippen molar-refractivity contribution in [2.45, 2.75) is 45.9 Å². The molecule has 2 unspecified atom stereocenters. The molecule has 3 rings (SSSR count). The maximum Gasteiger partial charge on any atom is 0.257 e. The van der Waals surface area contributed by atoms with Gasteiger partial charge in [0.15, 0.2) is 0 Å². The molecule has 1 aromatic heterocycles. The van der Waals surface area contributed by atoms with E-state index in [1.54, 1.807) is 23.2 Å². The number of benzene rings is 1. The number of halogens is 1. The van der Waals surface area contributed by atoms with E-state index in [0.29, 0.717) is 17.9 Å². The number of aromatic nitrogens is 2. The average molecular weight is 345 g/mol. The lowest BCUT2D eigenvalue weighted by Gasteiger charge is -2.24. The molecule has 134 valence electrons. The Balaban J connectivity index is 1.87. The number of amides is 1. The molecule has 1 saturated heterocycles. The summed E-state index contributed by atoms with van der Waals surface area (Å²) in [5, 5.41) is 14.4. The molecule has 0 bridgehead atoms. The number of aliphatic hydroxyl groups excluding tert-OH is 1. The number of nitrogens with zero attached hydrogens (tertiary/aromatic N) is 3. The van der Waals surface area contributed by atoms with E-state index in [1.165, 1.54) is 12.1 Å². The molecule has 2 heterocycles. The Hall–Kier alpha value is -2.21. The Morgan fingerprint density at radius 1 is 1.36 bits per heavy atom. The number of hydrogen-bond acceptors (Lipinski definition) is 3. The van der Waals surface area contributed by atoms with Crippen molar-refractivity contribution >= 4 is 5.91 Å². The number of hydrogen-bond donors (Lipinski definition) is 1. The van der Waals surface area contributed by atoms with Crippen molar-refractivity contribution in [2.24, 2.45) is 5.92 Å². The minimum absolute atomic E-state index is 0.140. The first-order valence-electron chi connectivity index (χ1n) is 8.63. The van der Waals surface area contributed by atoms with Crippen molar-refractivity contribution in [3.05, 3.63) is 53.1 Å². The molecule has 1 amide bonds. The topological polar surface area (TPSA) is 58.4 Å². The molecule has 0 spiro atoms. The minimum Gasteiger partial charge on any atom is -0.391 e. The number of carbonyl (C=O) groups excluding carboxylic acids is 1. The van der Waals surface area contributed by atoms with E-state index in [0.717, 1.165) is 17.8 Å². The van der Waals surface area contributed by atoms with E-state index in [4.69, 9.17) is 0 Å². The number of rotatable bonds is 4. The molecule has 2 aromatic rings. The third kappa shape index (κ3) is 3.58. The van der Waals surface area contributed by atoms with Crippen LogP contribution in [0.25, 0.3) is 0 Å². The summed E-state index contributed by atoms with van der Waals surface area (Å²) in [7, 11) is 0. The molecular formula is C19H24FN3O2. The maximum absolute atomic E-state index is 13.2. The highest BCUT2D eigenvalue weighted by Gasteiger charge is 2.36. The lowest BCUT2D eigenvalue weighted by atomic mass is 10.0. The van der Waals surface area contributed by atoms with E-state index < -0.39 is 6.10 Å². The molecule has 25 heavy (non-hydrogen) atoms. The fraction of sp³-hybridized carbons (Fsp3) is 0.474. The first-order valence-corrected chi connectivity index (χ1v) is 8.63. The van der Waals surface area contributed by atoms with Gasteiger partial charge in [0.25, 0.3) is 5.91 Å². The summed E-state index contributed by atoms with van der Waals surface area (Å²) in [4.78, 5) is 14.7. The highest BCUT2D eigenvalue weighted by atomic mass is 19.1. The Bertz CT molecular complexity index is 755. The molecule has 1 N–H and O–H groups in total. The second kappa shape index (κ2) is 6.96. The lowest BCUT2D eigenvalue weighted by molar-refractivity contribution is 0.0715. The van der Waals surface area contributed by atoms with Crippen LogP contribution in [-0.4, -0.2) is 38.3 Å². The number of carbonyl (C=O) groups is 1. The van der Waals surface area contributed by atoms with Crippen LogP contribution < -0.4 is 0 Å². The molecule has 1 aliphatic rings. The van der Waals surface area contributed by atoms with Gasteiger partial charge in [-0.25, -0.2) is 4.39 Å². The highest BCUT2D eigenvalue weighted by molar-refractivity contribution is 5.95.